The molecule has 0 aromatic heterocycles. The summed E-state index contributed by atoms with van der Waals surface area (Å²) in [6, 6.07) is 32.5. The SMILES string of the molecule is O=S(=O)([O-])CCC[NH2+]C[CH2][Sn]([c]1ccccc1)([c]1ccccc1)[c]1ccccc1. The summed E-state index contributed by atoms with van der Waals surface area (Å²) >= 11 is -3.22. The maximum absolute atomic E-state index is 10.8. The van der Waals surface area contributed by atoms with E-state index >= 15 is 0 Å². The van der Waals surface area contributed by atoms with E-state index in [2.05, 4.69) is 96.3 Å². The Morgan fingerprint density at radius 2 is 1.10 bits per heavy atom. The zero-order valence-corrected chi connectivity index (χ0v) is 20.1. The molecular weight excluding hydrogens is 489 g/mol. The molecule has 0 bridgehead atoms. The Morgan fingerprint density at radius 1 is 0.690 bits per heavy atom. The van der Waals surface area contributed by atoms with Gasteiger partial charge in [0.05, 0.1) is 0 Å². The third-order valence-electron chi connectivity index (χ3n) is 5.33. The fourth-order valence-corrected chi connectivity index (χ4v) is 18.2. The van der Waals surface area contributed by atoms with Crippen LogP contribution in [0.1, 0.15) is 6.42 Å². The molecule has 0 unspecified atom stereocenters. The quantitative estimate of drug-likeness (QED) is 0.245. The van der Waals surface area contributed by atoms with E-state index < -0.39 is 28.5 Å². The second kappa shape index (κ2) is 10.4. The van der Waals surface area contributed by atoms with Gasteiger partial charge in [-0.05, 0) is 0 Å². The molecule has 0 heterocycles. The number of nitrogens with two attached hydrogens (primary N) is 1. The molecule has 0 spiro atoms. The van der Waals surface area contributed by atoms with Crippen LogP contribution >= 0.6 is 0 Å². The first-order valence-electron chi connectivity index (χ1n) is 9.94. The van der Waals surface area contributed by atoms with Crippen LogP contribution in [0.4, 0.5) is 0 Å². The van der Waals surface area contributed by atoms with Crippen molar-refractivity contribution >= 4 is 39.2 Å². The monoisotopic (exact) mass is 517 g/mol. The predicted molar refractivity (Wildman–Crippen MR) is 120 cm³/mol. The van der Waals surface area contributed by atoms with Crippen molar-refractivity contribution in [2.45, 2.75) is 10.9 Å². The molecule has 3 rings (SSSR count). The van der Waals surface area contributed by atoms with Gasteiger partial charge in [0, 0.05) is 0 Å². The Kier molecular flexibility index (Phi) is 7.89. The maximum atomic E-state index is 10.8. The zero-order valence-electron chi connectivity index (χ0n) is 16.4. The van der Waals surface area contributed by atoms with E-state index in [9.17, 15) is 13.0 Å². The van der Waals surface area contributed by atoms with Crippen molar-refractivity contribution in [3.05, 3.63) is 91.0 Å². The molecule has 0 fully saturated rings. The molecule has 6 heteroatoms. The van der Waals surface area contributed by atoms with Crippen molar-refractivity contribution in [3.8, 4) is 0 Å². The number of hydrogen-bond donors (Lipinski definition) is 1. The van der Waals surface area contributed by atoms with Gasteiger partial charge in [0.25, 0.3) is 0 Å². The topological polar surface area (TPSA) is 73.8 Å². The molecule has 0 aliphatic carbocycles. The van der Waals surface area contributed by atoms with Crippen molar-refractivity contribution in [1.29, 1.82) is 0 Å². The van der Waals surface area contributed by atoms with E-state index in [0.717, 1.165) is 11.0 Å². The molecule has 0 radical (unpaired) electrons. The molecular formula is C23H27NO3SSn. The Morgan fingerprint density at radius 3 is 1.48 bits per heavy atom. The Labute approximate surface area is 177 Å². The Bertz CT molecular complexity index is 884. The van der Waals surface area contributed by atoms with Gasteiger partial charge in [-0.15, -0.1) is 0 Å². The van der Waals surface area contributed by atoms with Crippen LogP contribution < -0.4 is 16.1 Å². The summed E-state index contributed by atoms with van der Waals surface area (Å²) in [5.74, 6) is -0.284. The van der Waals surface area contributed by atoms with Crippen LogP contribution in [-0.2, 0) is 10.1 Å². The van der Waals surface area contributed by atoms with Gasteiger partial charge in [-0.25, -0.2) is 0 Å². The normalized spacial score (nSPS) is 12.0. The van der Waals surface area contributed by atoms with Crippen molar-refractivity contribution in [3.63, 3.8) is 0 Å². The van der Waals surface area contributed by atoms with Gasteiger partial charge < -0.3 is 0 Å². The van der Waals surface area contributed by atoms with Gasteiger partial charge in [0.2, 0.25) is 0 Å². The minimum absolute atomic E-state index is 0.284. The summed E-state index contributed by atoms with van der Waals surface area (Å²) in [5.41, 5.74) is 0. The molecule has 29 heavy (non-hydrogen) atoms. The Hall–Kier alpha value is -1.67. The number of benzene rings is 3. The summed E-state index contributed by atoms with van der Waals surface area (Å²) in [5, 5.41) is 2.16. The molecule has 3 aromatic rings. The van der Waals surface area contributed by atoms with E-state index in [1.54, 1.807) is 0 Å². The number of hydrogen-bond acceptors (Lipinski definition) is 3. The van der Waals surface area contributed by atoms with Crippen molar-refractivity contribution in [2.24, 2.45) is 0 Å². The molecule has 0 saturated carbocycles. The van der Waals surface area contributed by atoms with E-state index in [1.807, 2.05) is 0 Å². The molecule has 0 aliphatic rings. The van der Waals surface area contributed by atoms with Crippen molar-refractivity contribution in [1.82, 2.24) is 0 Å². The standard InChI is InChI=1S/3C6H5.C5H12NO3S.Sn/c3*1-2-4-6-5-3-1;1-2-6-4-3-5-10(7,8)9;/h3*1-5H;6H,1-5H2,(H,7,8,9);. The third kappa shape index (κ3) is 5.91. The second-order valence-electron chi connectivity index (χ2n) is 7.23. The molecule has 0 amide bonds. The van der Waals surface area contributed by atoms with Gasteiger partial charge >= 0.3 is 178 Å². The van der Waals surface area contributed by atoms with Gasteiger partial charge in [-0.3, -0.25) is 0 Å². The Balaban J connectivity index is 1.91. The van der Waals surface area contributed by atoms with Crippen LogP contribution in [0.15, 0.2) is 91.0 Å². The average molecular weight is 516 g/mol. The summed E-state index contributed by atoms with van der Waals surface area (Å²) in [6.45, 7) is 1.56. The van der Waals surface area contributed by atoms with Crippen LogP contribution in [0.25, 0.3) is 0 Å². The summed E-state index contributed by atoms with van der Waals surface area (Å²) < 4.78 is 37.8. The summed E-state index contributed by atoms with van der Waals surface area (Å²) in [7, 11) is -4.13. The van der Waals surface area contributed by atoms with Crippen LogP contribution in [0.5, 0.6) is 0 Å². The molecule has 0 atom stereocenters. The van der Waals surface area contributed by atoms with Gasteiger partial charge in [0.15, 0.2) is 0 Å². The fraction of sp³-hybridized carbons (Fsp3) is 0.217. The summed E-state index contributed by atoms with van der Waals surface area (Å²) in [6.07, 6.45) is 0.399. The second-order valence-corrected chi connectivity index (χ2v) is 20.3. The molecule has 0 saturated heterocycles. The molecule has 2 N–H and O–H groups in total. The van der Waals surface area contributed by atoms with E-state index in [4.69, 9.17) is 0 Å². The number of quaternary nitrogens is 1. The molecule has 0 aliphatic heterocycles. The minimum atomic E-state index is -4.13. The van der Waals surface area contributed by atoms with Crippen LogP contribution in [0.2, 0.25) is 4.44 Å². The first-order chi connectivity index (χ1) is 14.0. The van der Waals surface area contributed by atoms with Gasteiger partial charge in [-0.2, -0.15) is 0 Å². The van der Waals surface area contributed by atoms with E-state index in [0.29, 0.717) is 13.0 Å². The molecule has 3 aromatic carbocycles. The van der Waals surface area contributed by atoms with Crippen molar-refractivity contribution < 1.29 is 18.3 Å². The molecule has 152 valence electrons. The van der Waals surface area contributed by atoms with Crippen LogP contribution in [-0.4, -0.2) is 50.2 Å². The van der Waals surface area contributed by atoms with Gasteiger partial charge in [-0.1, -0.05) is 0 Å². The zero-order chi connectivity index (χ0) is 20.6. The van der Waals surface area contributed by atoms with Gasteiger partial charge in [0.1, 0.15) is 0 Å². The first-order valence-corrected chi connectivity index (χ1v) is 17.8. The fourth-order valence-electron chi connectivity index (χ4n) is 3.97. The summed E-state index contributed by atoms with van der Waals surface area (Å²) in [4.78, 5) is 0. The molecule has 4 nitrogen and oxygen atoms in total. The predicted octanol–water partition coefficient (Wildman–Crippen LogP) is 0.656. The van der Waals surface area contributed by atoms with E-state index in [-0.39, 0.29) is 5.75 Å². The average Bonchev–Trinajstić information content (AvgIpc) is 2.75. The third-order valence-corrected chi connectivity index (χ3v) is 20.4. The van der Waals surface area contributed by atoms with E-state index in [1.165, 1.54) is 10.7 Å². The van der Waals surface area contributed by atoms with Crippen molar-refractivity contribution in [2.75, 3.05) is 18.8 Å². The number of rotatable bonds is 10. The van der Waals surface area contributed by atoms with Crippen LogP contribution in [0, 0.1) is 0 Å². The van der Waals surface area contributed by atoms with Crippen LogP contribution in [0.3, 0.4) is 0 Å². The first kappa shape index (κ1) is 22.0.